The number of imidazole rings is 1. The van der Waals surface area contributed by atoms with Crippen molar-refractivity contribution in [2.45, 2.75) is 26.4 Å². The lowest BCUT2D eigenvalue weighted by Crippen LogP contribution is -2.21. The van der Waals surface area contributed by atoms with Crippen LogP contribution in [0.3, 0.4) is 0 Å². The van der Waals surface area contributed by atoms with Gasteiger partial charge in [0.15, 0.2) is 10.8 Å². The predicted octanol–water partition coefficient (Wildman–Crippen LogP) is 2.55. The molecular weight excluding hydrogens is 255 g/mol. The molecule has 0 N–H and O–H groups in total. The molecular formula is C12H14ClFN4. The van der Waals surface area contributed by atoms with E-state index < -0.39 is 6.17 Å². The minimum atomic E-state index is -0.769. The summed E-state index contributed by atoms with van der Waals surface area (Å²) in [6.45, 7) is 4.98. The van der Waals surface area contributed by atoms with Crippen LogP contribution in [0.25, 0.3) is 5.65 Å². The molecule has 1 saturated heterocycles. The summed E-state index contributed by atoms with van der Waals surface area (Å²) in [7, 11) is 0. The van der Waals surface area contributed by atoms with Crippen LogP contribution in [-0.2, 0) is 0 Å². The molecule has 0 amide bonds. The highest BCUT2D eigenvalue weighted by Gasteiger charge is 2.25. The zero-order valence-electron chi connectivity index (χ0n) is 10.3. The fraction of sp³-hybridized carbons (Fsp3) is 0.500. The molecule has 96 valence electrons. The lowest BCUT2D eigenvalue weighted by molar-refractivity contribution is 0.364. The van der Waals surface area contributed by atoms with Crippen molar-refractivity contribution < 1.29 is 4.39 Å². The fourth-order valence-electron chi connectivity index (χ4n) is 2.36. The van der Waals surface area contributed by atoms with E-state index in [1.807, 2.05) is 18.7 Å². The van der Waals surface area contributed by atoms with Gasteiger partial charge in [-0.25, -0.2) is 13.9 Å². The Labute approximate surface area is 109 Å². The molecule has 6 heteroatoms. The number of hydrogen-bond donors (Lipinski definition) is 0. The van der Waals surface area contributed by atoms with Crippen LogP contribution < -0.4 is 4.90 Å². The molecule has 1 atom stereocenters. The van der Waals surface area contributed by atoms with Gasteiger partial charge in [-0.05, 0) is 20.3 Å². The minimum Gasteiger partial charge on any atom is -0.365 e. The lowest BCUT2D eigenvalue weighted by Gasteiger charge is -2.18. The van der Waals surface area contributed by atoms with Gasteiger partial charge in [-0.15, -0.1) is 0 Å². The van der Waals surface area contributed by atoms with E-state index in [1.165, 1.54) is 0 Å². The number of rotatable bonds is 1. The summed E-state index contributed by atoms with van der Waals surface area (Å²) < 4.78 is 15.1. The van der Waals surface area contributed by atoms with Crippen LogP contribution in [0.4, 0.5) is 10.1 Å². The Morgan fingerprint density at radius 1 is 1.44 bits per heavy atom. The van der Waals surface area contributed by atoms with Gasteiger partial charge in [0.25, 0.3) is 0 Å². The Morgan fingerprint density at radius 3 is 2.89 bits per heavy atom. The summed E-state index contributed by atoms with van der Waals surface area (Å²) in [6.07, 6.45) is -0.209. The van der Waals surface area contributed by atoms with E-state index in [9.17, 15) is 4.39 Å². The average Bonchev–Trinajstić information content (AvgIpc) is 2.86. The van der Waals surface area contributed by atoms with Crippen molar-refractivity contribution in [1.82, 2.24) is 14.6 Å². The molecule has 0 aromatic carbocycles. The summed E-state index contributed by atoms with van der Waals surface area (Å²) >= 11 is 6.04. The van der Waals surface area contributed by atoms with Gasteiger partial charge < -0.3 is 4.90 Å². The van der Waals surface area contributed by atoms with E-state index in [0.29, 0.717) is 24.7 Å². The maximum absolute atomic E-state index is 13.3. The number of alkyl halides is 1. The summed E-state index contributed by atoms with van der Waals surface area (Å²) in [6, 6.07) is 1.76. The molecule has 1 fully saturated rings. The van der Waals surface area contributed by atoms with E-state index in [1.54, 1.807) is 10.6 Å². The van der Waals surface area contributed by atoms with Crippen LogP contribution in [0.1, 0.15) is 17.8 Å². The van der Waals surface area contributed by atoms with Crippen molar-refractivity contribution in [3.63, 3.8) is 0 Å². The largest absolute Gasteiger partial charge is 0.365 e. The zero-order valence-corrected chi connectivity index (χ0v) is 11.1. The molecule has 2 aromatic heterocycles. The highest BCUT2D eigenvalue weighted by atomic mass is 35.5. The lowest BCUT2D eigenvalue weighted by atomic mass is 10.3. The van der Waals surface area contributed by atoms with Crippen LogP contribution in [0.5, 0.6) is 0 Å². The van der Waals surface area contributed by atoms with Gasteiger partial charge in [-0.2, -0.15) is 5.10 Å². The highest BCUT2D eigenvalue weighted by molar-refractivity contribution is 6.29. The van der Waals surface area contributed by atoms with E-state index in [4.69, 9.17) is 11.6 Å². The minimum absolute atomic E-state index is 0.403. The highest BCUT2D eigenvalue weighted by Crippen LogP contribution is 2.28. The van der Waals surface area contributed by atoms with E-state index in [2.05, 4.69) is 10.1 Å². The molecule has 2 aromatic rings. The normalized spacial score (nSPS) is 20.0. The van der Waals surface area contributed by atoms with Crippen molar-refractivity contribution in [3.05, 3.63) is 22.6 Å². The molecule has 0 bridgehead atoms. The third kappa shape index (κ3) is 1.73. The Balaban J connectivity index is 2.19. The summed E-state index contributed by atoms with van der Waals surface area (Å²) in [5.74, 6) is 0. The molecule has 0 radical (unpaired) electrons. The van der Waals surface area contributed by atoms with Crippen LogP contribution in [0.15, 0.2) is 6.07 Å². The maximum atomic E-state index is 13.3. The monoisotopic (exact) mass is 268 g/mol. The second-order valence-corrected chi connectivity index (χ2v) is 5.09. The van der Waals surface area contributed by atoms with E-state index in [0.717, 1.165) is 22.7 Å². The molecule has 3 heterocycles. The third-order valence-electron chi connectivity index (χ3n) is 3.47. The average molecular weight is 269 g/mol. The Kier molecular flexibility index (Phi) is 2.66. The summed E-state index contributed by atoms with van der Waals surface area (Å²) in [5, 5.41) is 4.65. The Bertz CT molecular complexity index is 610. The number of nitrogens with zero attached hydrogens (tertiary/aromatic N) is 4. The first-order valence-corrected chi connectivity index (χ1v) is 6.35. The molecule has 18 heavy (non-hydrogen) atoms. The Morgan fingerprint density at radius 2 is 2.22 bits per heavy atom. The molecule has 4 nitrogen and oxygen atoms in total. The molecule has 0 saturated carbocycles. The molecule has 0 aliphatic carbocycles. The standard InChI is InChI=1S/C12H14ClFN4/c1-7-8(2)18-12(15-7)10(5-11(13)16-18)17-4-3-9(14)6-17/h5,9H,3-4,6H2,1-2H3. The quantitative estimate of drug-likeness (QED) is 0.797. The predicted molar refractivity (Wildman–Crippen MR) is 69.2 cm³/mol. The first-order valence-electron chi connectivity index (χ1n) is 5.98. The van der Waals surface area contributed by atoms with Gasteiger partial charge in [0, 0.05) is 19.2 Å². The number of aromatic nitrogens is 3. The SMILES string of the molecule is Cc1nc2c(N3CCC(F)C3)cc(Cl)nn2c1C. The van der Waals surface area contributed by atoms with Crippen molar-refractivity contribution >= 4 is 22.9 Å². The number of halogens is 2. The summed E-state index contributed by atoms with van der Waals surface area (Å²) in [4.78, 5) is 6.49. The Hall–Kier alpha value is -1.36. The van der Waals surface area contributed by atoms with Crippen molar-refractivity contribution in [2.75, 3.05) is 18.0 Å². The van der Waals surface area contributed by atoms with Crippen LogP contribution in [0, 0.1) is 13.8 Å². The van der Waals surface area contributed by atoms with Gasteiger partial charge >= 0.3 is 0 Å². The second-order valence-electron chi connectivity index (χ2n) is 4.70. The van der Waals surface area contributed by atoms with Gasteiger partial charge in [0.1, 0.15) is 6.17 Å². The van der Waals surface area contributed by atoms with Gasteiger partial charge in [-0.1, -0.05) is 11.6 Å². The molecule has 1 unspecified atom stereocenters. The van der Waals surface area contributed by atoms with Crippen LogP contribution >= 0.6 is 11.6 Å². The van der Waals surface area contributed by atoms with E-state index in [-0.39, 0.29) is 0 Å². The van der Waals surface area contributed by atoms with Crippen molar-refractivity contribution in [3.8, 4) is 0 Å². The number of hydrogen-bond acceptors (Lipinski definition) is 3. The second kappa shape index (κ2) is 4.09. The van der Waals surface area contributed by atoms with E-state index >= 15 is 0 Å². The van der Waals surface area contributed by atoms with Crippen LogP contribution in [-0.4, -0.2) is 33.9 Å². The number of anilines is 1. The molecule has 3 rings (SSSR count). The van der Waals surface area contributed by atoms with Crippen molar-refractivity contribution in [1.29, 1.82) is 0 Å². The third-order valence-corrected chi connectivity index (χ3v) is 3.65. The zero-order chi connectivity index (χ0) is 12.9. The molecule has 0 spiro atoms. The van der Waals surface area contributed by atoms with Crippen molar-refractivity contribution in [2.24, 2.45) is 0 Å². The number of aryl methyl sites for hydroxylation is 2. The fourth-order valence-corrected chi connectivity index (χ4v) is 2.54. The first-order chi connectivity index (χ1) is 8.56. The summed E-state index contributed by atoms with van der Waals surface area (Å²) in [5.41, 5.74) is 3.50. The smallest absolute Gasteiger partial charge is 0.177 e. The maximum Gasteiger partial charge on any atom is 0.177 e. The van der Waals surface area contributed by atoms with Crippen LogP contribution in [0.2, 0.25) is 5.15 Å². The van der Waals surface area contributed by atoms with Gasteiger partial charge in [0.05, 0.1) is 17.1 Å². The first kappa shape index (κ1) is 11.7. The van der Waals surface area contributed by atoms with Gasteiger partial charge in [-0.3, -0.25) is 0 Å². The topological polar surface area (TPSA) is 33.4 Å². The molecule has 1 aliphatic heterocycles. The number of fused-ring (bicyclic) bond motifs is 1. The van der Waals surface area contributed by atoms with Gasteiger partial charge in [0.2, 0.25) is 0 Å². The molecule has 1 aliphatic rings.